The standard InChI is InChI=1S/C14H9Br2NO/c1-9-2-4-11(15)6-14(9)18-12-5-3-10(8-17)13(16)7-12/h2-7H,1H3. The molecular formula is C14H9Br2NO. The SMILES string of the molecule is Cc1ccc(Br)cc1Oc1ccc(C#N)c(Br)c1. The highest BCUT2D eigenvalue weighted by atomic mass is 79.9. The van der Waals surface area contributed by atoms with Crippen LogP contribution in [0.1, 0.15) is 11.1 Å². The molecule has 0 aromatic heterocycles. The van der Waals surface area contributed by atoms with Crippen molar-refractivity contribution in [2.24, 2.45) is 0 Å². The monoisotopic (exact) mass is 365 g/mol. The number of halogens is 2. The smallest absolute Gasteiger partial charge is 0.131 e. The van der Waals surface area contributed by atoms with Gasteiger partial charge < -0.3 is 4.74 Å². The number of benzene rings is 2. The van der Waals surface area contributed by atoms with E-state index >= 15 is 0 Å². The minimum Gasteiger partial charge on any atom is -0.457 e. The van der Waals surface area contributed by atoms with Gasteiger partial charge in [-0.25, -0.2) is 0 Å². The number of nitrogens with zero attached hydrogens (tertiary/aromatic N) is 1. The number of aryl methyl sites for hydroxylation is 1. The van der Waals surface area contributed by atoms with Crippen LogP contribution in [-0.4, -0.2) is 0 Å². The molecule has 0 saturated heterocycles. The Balaban J connectivity index is 2.32. The number of ether oxygens (including phenoxy) is 1. The summed E-state index contributed by atoms with van der Waals surface area (Å²) >= 11 is 6.76. The van der Waals surface area contributed by atoms with E-state index in [1.165, 1.54) is 0 Å². The van der Waals surface area contributed by atoms with Gasteiger partial charge in [-0.15, -0.1) is 0 Å². The van der Waals surface area contributed by atoms with E-state index in [1.807, 2.05) is 25.1 Å². The topological polar surface area (TPSA) is 33.0 Å². The molecule has 0 aliphatic rings. The Labute approximate surface area is 122 Å². The van der Waals surface area contributed by atoms with Crippen LogP contribution in [0.15, 0.2) is 45.3 Å². The first-order valence-corrected chi connectivity index (χ1v) is 6.82. The van der Waals surface area contributed by atoms with Crippen molar-refractivity contribution in [1.82, 2.24) is 0 Å². The molecule has 0 fully saturated rings. The minimum atomic E-state index is 0.591. The van der Waals surface area contributed by atoms with Crippen molar-refractivity contribution in [2.75, 3.05) is 0 Å². The van der Waals surface area contributed by atoms with E-state index in [0.717, 1.165) is 20.3 Å². The normalized spacial score (nSPS) is 9.89. The molecule has 0 bridgehead atoms. The summed E-state index contributed by atoms with van der Waals surface area (Å²) in [7, 11) is 0. The Morgan fingerprint density at radius 1 is 1.11 bits per heavy atom. The molecule has 0 N–H and O–H groups in total. The summed E-state index contributed by atoms with van der Waals surface area (Å²) in [5, 5.41) is 8.85. The van der Waals surface area contributed by atoms with Crippen LogP contribution < -0.4 is 4.74 Å². The molecule has 0 saturated carbocycles. The summed E-state index contributed by atoms with van der Waals surface area (Å²) in [5.41, 5.74) is 1.65. The van der Waals surface area contributed by atoms with Crippen molar-refractivity contribution in [3.63, 3.8) is 0 Å². The van der Waals surface area contributed by atoms with E-state index in [2.05, 4.69) is 37.9 Å². The van der Waals surface area contributed by atoms with Gasteiger partial charge in [0.15, 0.2) is 0 Å². The van der Waals surface area contributed by atoms with Gasteiger partial charge in [0.1, 0.15) is 17.6 Å². The second-order valence-corrected chi connectivity index (χ2v) is 5.54. The number of rotatable bonds is 2. The van der Waals surface area contributed by atoms with Crippen LogP contribution in [0.4, 0.5) is 0 Å². The summed E-state index contributed by atoms with van der Waals surface area (Å²) < 4.78 is 7.50. The fraction of sp³-hybridized carbons (Fsp3) is 0.0714. The fourth-order valence-corrected chi connectivity index (χ4v) is 2.25. The largest absolute Gasteiger partial charge is 0.457 e. The Bertz CT molecular complexity index is 632. The molecule has 2 aromatic rings. The molecule has 0 heterocycles. The highest BCUT2D eigenvalue weighted by molar-refractivity contribution is 9.10. The van der Waals surface area contributed by atoms with Crippen molar-refractivity contribution in [2.45, 2.75) is 6.92 Å². The molecule has 0 aliphatic carbocycles. The molecule has 0 amide bonds. The zero-order chi connectivity index (χ0) is 13.1. The first-order chi connectivity index (χ1) is 8.60. The first kappa shape index (κ1) is 13.1. The third-order valence-corrected chi connectivity index (χ3v) is 3.59. The molecule has 0 aliphatic heterocycles. The summed E-state index contributed by atoms with van der Waals surface area (Å²) in [6, 6.07) is 13.3. The van der Waals surface area contributed by atoms with Gasteiger partial charge in [-0.1, -0.05) is 22.0 Å². The molecule has 18 heavy (non-hydrogen) atoms. The maximum Gasteiger partial charge on any atom is 0.131 e. The van der Waals surface area contributed by atoms with E-state index in [-0.39, 0.29) is 0 Å². The average molecular weight is 367 g/mol. The summed E-state index contributed by atoms with van der Waals surface area (Å²) in [4.78, 5) is 0. The van der Waals surface area contributed by atoms with E-state index in [4.69, 9.17) is 10.00 Å². The minimum absolute atomic E-state index is 0.591. The third-order valence-electron chi connectivity index (χ3n) is 2.44. The van der Waals surface area contributed by atoms with Gasteiger partial charge >= 0.3 is 0 Å². The fourth-order valence-electron chi connectivity index (χ4n) is 1.46. The van der Waals surface area contributed by atoms with E-state index in [1.54, 1.807) is 18.2 Å². The molecular weight excluding hydrogens is 358 g/mol. The van der Waals surface area contributed by atoms with Gasteiger partial charge in [0.25, 0.3) is 0 Å². The molecule has 2 aromatic carbocycles. The average Bonchev–Trinajstić information content (AvgIpc) is 2.34. The number of hydrogen-bond donors (Lipinski definition) is 0. The predicted molar refractivity (Wildman–Crippen MR) is 77.8 cm³/mol. The lowest BCUT2D eigenvalue weighted by atomic mass is 10.2. The second kappa shape index (κ2) is 5.55. The van der Waals surface area contributed by atoms with Crippen molar-refractivity contribution >= 4 is 31.9 Å². The summed E-state index contributed by atoms with van der Waals surface area (Å²) in [5.74, 6) is 1.49. The summed E-state index contributed by atoms with van der Waals surface area (Å²) in [6.07, 6.45) is 0. The van der Waals surface area contributed by atoms with Crippen LogP contribution >= 0.6 is 31.9 Å². The van der Waals surface area contributed by atoms with Crippen LogP contribution in [0, 0.1) is 18.3 Å². The molecule has 2 rings (SSSR count). The van der Waals surface area contributed by atoms with Gasteiger partial charge in [-0.3, -0.25) is 0 Å². The van der Waals surface area contributed by atoms with Crippen molar-refractivity contribution in [1.29, 1.82) is 5.26 Å². The Hall–Kier alpha value is -1.31. The Morgan fingerprint density at radius 3 is 2.56 bits per heavy atom. The zero-order valence-corrected chi connectivity index (χ0v) is 12.7. The van der Waals surface area contributed by atoms with Crippen LogP contribution in [0.5, 0.6) is 11.5 Å². The molecule has 90 valence electrons. The maximum atomic E-state index is 8.85. The molecule has 0 unspecified atom stereocenters. The van der Waals surface area contributed by atoms with Crippen molar-refractivity contribution in [3.8, 4) is 17.6 Å². The first-order valence-electron chi connectivity index (χ1n) is 5.24. The molecule has 0 spiro atoms. The van der Waals surface area contributed by atoms with Crippen LogP contribution in [0.25, 0.3) is 0 Å². The van der Waals surface area contributed by atoms with Crippen molar-refractivity contribution in [3.05, 3.63) is 56.5 Å². The highest BCUT2D eigenvalue weighted by Gasteiger charge is 2.05. The lowest BCUT2D eigenvalue weighted by molar-refractivity contribution is 0.478. The quantitative estimate of drug-likeness (QED) is 0.733. The van der Waals surface area contributed by atoms with E-state index < -0.39 is 0 Å². The van der Waals surface area contributed by atoms with E-state index in [0.29, 0.717) is 11.3 Å². The Kier molecular flexibility index (Phi) is 4.05. The summed E-state index contributed by atoms with van der Waals surface area (Å²) in [6.45, 7) is 1.99. The second-order valence-electron chi connectivity index (χ2n) is 3.77. The Morgan fingerprint density at radius 2 is 1.89 bits per heavy atom. The van der Waals surface area contributed by atoms with Crippen LogP contribution in [-0.2, 0) is 0 Å². The molecule has 2 nitrogen and oxygen atoms in total. The molecule has 0 radical (unpaired) electrons. The van der Waals surface area contributed by atoms with Gasteiger partial charge in [-0.05, 0) is 58.7 Å². The lowest BCUT2D eigenvalue weighted by Gasteiger charge is -2.09. The maximum absolute atomic E-state index is 8.85. The molecule has 4 heteroatoms. The van der Waals surface area contributed by atoms with E-state index in [9.17, 15) is 0 Å². The van der Waals surface area contributed by atoms with Gasteiger partial charge in [0, 0.05) is 8.95 Å². The van der Waals surface area contributed by atoms with Crippen molar-refractivity contribution < 1.29 is 4.74 Å². The zero-order valence-electron chi connectivity index (χ0n) is 9.58. The third kappa shape index (κ3) is 2.92. The number of hydrogen-bond acceptors (Lipinski definition) is 2. The van der Waals surface area contributed by atoms with Gasteiger partial charge in [0.2, 0.25) is 0 Å². The molecule has 0 atom stereocenters. The highest BCUT2D eigenvalue weighted by Crippen LogP contribution is 2.30. The lowest BCUT2D eigenvalue weighted by Crippen LogP contribution is -1.88. The van der Waals surface area contributed by atoms with Gasteiger partial charge in [-0.2, -0.15) is 5.26 Å². The number of nitriles is 1. The van der Waals surface area contributed by atoms with Crippen LogP contribution in [0.2, 0.25) is 0 Å². The van der Waals surface area contributed by atoms with Gasteiger partial charge in [0.05, 0.1) is 5.56 Å². The van der Waals surface area contributed by atoms with Crippen LogP contribution in [0.3, 0.4) is 0 Å². The predicted octanol–water partition coefficient (Wildman–Crippen LogP) is 5.18.